The van der Waals surface area contributed by atoms with Gasteiger partial charge >= 0.3 is 0 Å². The summed E-state index contributed by atoms with van der Waals surface area (Å²) in [7, 11) is 1.60. The fourth-order valence-corrected chi connectivity index (χ4v) is 4.37. The number of aromatic nitrogens is 2. The topological polar surface area (TPSA) is 59.4 Å². The second kappa shape index (κ2) is 10.8. The van der Waals surface area contributed by atoms with Crippen molar-refractivity contribution in [2.45, 2.75) is 11.8 Å². The van der Waals surface area contributed by atoms with Gasteiger partial charge in [0.15, 0.2) is 0 Å². The molecule has 1 aromatic heterocycles. The Kier molecular flexibility index (Phi) is 7.55. The van der Waals surface area contributed by atoms with Gasteiger partial charge in [0, 0.05) is 33.5 Å². The smallest absolute Gasteiger partial charge is 0.280 e. The zero-order valence-electron chi connectivity index (χ0n) is 18.7. The lowest BCUT2D eigenvalue weighted by atomic mass is 10.1. The SMILES string of the molecule is COc1ccc(-c2[nH]n(-c3ccc(F)cc3)c(=O)c2C(C)=NCCSc2ccc(Cl)cc2)cc1. The van der Waals surface area contributed by atoms with Crippen LogP contribution in [0, 0.1) is 5.82 Å². The van der Waals surface area contributed by atoms with Crippen molar-refractivity contribution in [2.24, 2.45) is 4.99 Å². The number of benzene rings is 3. The molecule has 0 radical (unpaired) electrons. The summed E-state index contributed by atoms with van der Waals surface area (Å²) in [5.74, 6) is 1.11. The van der Waals surface area contributed by atoms with Crippen molar-refractivity contribution in [2.75, 3.05) is 19.4 Å². The molecule has 0 bridgehead atoms. The Bertz CT molecular complexity index is 1350. The molecular weight excluding hydrogens is 473 g/mol. The summed E-state index contributed by atoms with van der Waals surface area (Å²) in [5, 5.41) is 3.89. The fourth-order valence-electron chi connectivity index (χ4n) is 3.50. The van der Waals surface area contributed by atoms with Gasteiger partial charge in [0.05, 0.1) is 24.1 Å². The number of aromatic amines is 1. The van der Waals surface area contributed by atoms with Crippen molar-refractivity contribution in [3.63, 3.8) is 0 Å². The van der Waals surface area contributed by atoms with E-state index in [9.17, 15) is 9.18 Å². The molecule has 4 aromatic rings. The van der Waals surface area contributed by atoms with Crippen LogP contribution in [0.15, 0.2) is 87.5 Å². The van der Waals surface area contributed by atoms with E-state index < -0.39 is 0 Å². The maximum Gasteiger partial charge on any atom is 0.280 e. The van der Waals surface area contributed by atoms with Crippen LogP contribution in [-0.2, 0) is 0 Å². The number of methoxy groups -OCH3 is 1. The molecule has 0 amide bonds. The minimum absolute atomic E-state index is 0.246. The zero-order valence-corrected chi connectivity index (χ0v) is 20.3. The number of thioether (sulfide) groups is 1. The summed E-state index contributed by atoms with van der Waals surface area (Å²) in [5.41, 5.74) is 2.86. The largest absolute Gasteiger partial charge is 0.497 e. The number of halogens is 2. The summed E-state index contributed by atoms with van der Waals surface area (Å²) in [6.07, 6.45) is 0. The number of hydrogen-bond acceptors (Lipinski definition) is 4. The number of ether oxygens (including phenoxy) is 1. The molecule has 174 valence electrons. The van der Waals surface area contributed by atoms with Crippen molar-refractivity contribution < 1.29 is 9.13 Å². The van der Waals surface area contributed by atoms with Crippen LogP contribution < -0.4 is 10.3 Å². The van der Waals surface area contributed by atoms with Crippen LogP contribution in [-0.4, -0.2) is 34.9 Å². The number of hydrogen-bond donors (Lipinski definition) is 1. The predicted molar refractivity (Wildman–Crippen MR) is 138 cm³/mol. The van der Waals surface area contributed by atoms with E-state index in [0.717, 1.165) is 22.0 Å². The van der Waals surface area contributed by atoms with Gasteiger partial charge in [-0.25, -0.2) is 9.07 Å². The summed E-state index contributed by atoms with van der Waals surface area (Å²) in [6.45, 7) is 2.38. The number of aliphatic imine (C=N–C) groups is 1. The minimum atomic E-state index is -0.366. The van der Waals surface area contributed by atoms with E-state index in [4.69, 9.17) is 16.3 Å². The normalized spacial score (nSPS) is 11.6. The van der Waals surface area contributed by atoms with E-state index in [0.29, 0.717) is 34.2 Å². The Morgan fingerprint density at radius 2 is 1.74 bits per heavy atom. The van der Waals surface area contributed by atoms with Gasteiger partial charge in [0.25, 0.3) is 5.56 Å². The van der Waals surface area contributed by atoms with Gasteiger partial charge < -0.3 is 4.74 Å². The zero-order chi connectivity index (χ0) is 24.1. The molecule has 0 aliphatic rings. The molecule has 0 saturated heterocycles. The molecule has 5 nitrogen and oxygen atoms in total. The van der Waals surface area contributed by atoms with Gasteiger partial charge in [-0.05, 0) is 79.7 Å². The maximum absolute atomic E-state index is 13.4. The van der Waals surface area contributed by atoms with Crippen LogP contribution >= 0.6 is 23.4 Å². The van der Waals surface area contributed by atoms with E-state index in [1.807, 2.05) is 55.5 Å². The molecule has 0 unspecified atom stereocenters. The number of nitrogens with zero attached hydrogens (tertiary/aromatic N) is 2. The molecule has 0 aliphatic heterocycles. The highest BCUT2D eigenvalue weighted by atomic mass is 35.5. The first-order valence-corrected chi connectivity index (χ1v) is 12.0. The third kappa shape index (κ3) is 5.43. The fraction of sp³-hybridized carbons (Fsp3) is 0.154. The number of rotatable bonds is 8. The lowest BCUT2D eigenvalue weighted by molar-refractivity contribution is 0.415. The van der Waals surface area contributed by atoms with Gasteiger partial charge in [0.2, 0.25) is 0 Å². The molecule has 1 heterocycles. The first-order chi connectivity index (χ1) is 16.5. The van der Waals surface area contributed by atoms with Crippen molar-refractivity contribution >= 4 is 29.1 Å². The van der Waals surface area contributed by atoms with Crippen LogP contribution in [0.4, 0.5) is 4.39 Å². The molecular formula is C26H23ClFN3O2S. The lowest BCUT2D eigenvalue weighted by Crippen LogP contribution is -2.20. The molecule has 0 aliphatic carbocycles. The first-order valence-electron chi connectivity index (χ1n) is 10.6. The van der Waals surface area contributed by atoms with Crippen molar-refractivity contribution in [1.82, 2.24) is 9.78 Å². The molecule has 1 N–H and O–H groups in total. The van der Waals surface area contributed by atoms with Crippen LogP contribution in [0.3, 0.4) is 0 Å². The van der Waals surface area contributed by atoms with Crippen LogP contribution in [0.1, 0.15) is 12.5 Å². The van der Waals surface area contributed by atoms with E-state index in [1.165, 1.54) is 16.8 Å². The molecule has 0 spiro atoms. The Morgan fingerprint density at radius 1 is 1.06 bits per heavy atom. The third-order valence-electron chi connectivity index (χ3n) is 5.24. The second-order valence-corrected chi connectivity index (χ2v) is 9.08. The average Bonchev–Trinajstić information content (AvgIpc) is 3.20. The first kappa shape index (κ1) is 23.9. The van der Waals surface area contributed by atoms with Gasteiger partial charge in [-0.1, -0.05) is 11.6 Å². The Morgan fingerprint density at radius 3 is 2.38 bits per heavy atom. The summed E-state index contributed by atoms with van der Waals surface area (Å²) >= 11 is 7.61. The van der Waals surface area contributed by atoms with Gasteiger partial charge in [-0.15, -0.1) is 11.8 Å². The van der Waals surface area contributed by atoms with Crippen molar-refractivity contribution in [3.8, 4) is 22.7 Å². The van der Waals surface area contributed by atoms with E-state index in [2.05, 4.69) is 10.1 Å². The highest BCUT2D eigenvalue weighted by Gasteiger charge is 2.19. The third-order valence-corrected chi connectivity index (χ3v) is 6.48. The summed E-state index contributed by atoms with van der Waals surface area (Å²) in [6, 6.07) is 20.9. The average molecular weight is 496 g/mol. The number of nitrogens with one attached hydrogen (secondary N) is 1. The van der Waals surface area contributed by atoms with Gasteiger partial charge in [-0.2, -0.15) is 0 Å². The number of H-pyrrole nitrogens is 1. The Balaban J connectivity index is 1.65. The highest BCUT2D eigenvalue weighted by molar-refractivity contribution is 7.99. The molecule has 4 rings (SSSR count). The molecule has 0 fully saturated rings. The van der Waals surface area contributed by atoms with Gasteiger partial charge in [0.1, 0.15) is 11.6 Å². The minimum Gasteiger partial charge on any atom is -0.497 e. The Hall–Kier alpha value is -3.29. The lowest BCUT2D eigenvalue weighted by Gasteiger charge is -2.05. The van der Waals surface area contributed by atoms with Crippen molar-refractivity contribution in [3.05, 3.63) is 99.6 Å². The monoisotopic (exact) mass is 495 g/mol. The quantitative estimate of drug-likeness (QED) is 0.179. The van der Waals surface area contributed by atoms with Crippen LogP contribution in [0.5, 0.6) is 5.75 Å². The highest BCUT2D eigenvalue weighted by Crippen LogP contribution is 2.25. The van der Waals surface area contributed by atoms with E-state index >= 15 is 0 Å². The maximum atomic E-state index is 13.4. The molecule has 34 heavy (non-hydrogen) atoms. The predicted octanol–water partition coefficient (Wildman–Crippen LogP) is 6.24. The van der Waals surface area contributed by atoms with E-state index in [-0.39, 0.29) is 11.4 Å². The Labute approximate surface area is 206 Å². The van der Waals surface area contributed by atoms with Crippen LogP contribution in [0.2, 0.25) is 5.02 Å². The summed E-state index contributed by atoms with van der Waals surface area (Å²) in [4.78, 5) is 19.2. The van der Waals surface area contributed by atoms with E-state index in [1.54, 1.807) is 31.0 Å². The second-order valence-electron chi connectivity index (χ2n) is 7.48. The van der Waals surface area contributed by atoms with Crippen molar-refractivity contribution in [1.29, 1.82) is 0 Å². The molecule has 0 saturated carbocycles. The standard InChI is InChI=1S/C26H23ClFN3O2S/c1-17(29-15-16-34-23-13-5-19(27)6-14-23)24-25(18-3-11-22(33-2)12-4-18)30-31(26(24)32)21-9-7-20(28)8-10-21/h3-14,30H,15-16H2,1-2H3. The summed E-state index contributed by atoms with van der Waals surface area (Å²) < 4.78 is 20.1. The van der Waals surface area contributed by atoms with Gasteiger partial charge in [-0.3, -0.25) is 14.9 Å². The van der Waals surface area contributed by atoms with Crippen LogP contribution in [0.25, 0.3) is 16.9 Å². The molecule has 0 atom stereocenters. The molecule has 3 aromatic carbocycles. The molecule has 8 heteroatoms.